The van der Waals surface area contributed by atoms with E-state index in [4.69, 9.17) is 0 Å². The van der Waals surface area contributed by atoms with Gasteiger partial charge in [0.15, 0.2) is 0 Å². The van der Waals surface area contributed by atoms with Gasteiger partial charge >= 0.3 is 0 Å². The molecule has 1 aromatic carbocycles. The summed E-state index contributed by atoms with van der Waals surface area (Å²) in [6.07, 6.45) is 4.85. The highest BCUT2D eigenvalue weighted by atomic mass is 16.3. The predicted octanol–water partition coefficient (Wildman–Crippen LogP) is 1.08. The average molecular weight is 328 g/mol. The van der Waals surface area contributed by atoms with Crippen LogP contribution in [0.15, 0.2) is 42.7 Å². The van der Waals surface area contributed by atoms with Crippen LogP contribution in [0.3, 0.4) is 0 Å². The standard InChI is InChI=1S/C18H24N4O2/c1-21-12-9-19-18(21)17(14-5-3-2-4-6-14)20-16(24)13-22-10-7-15(23)8-11-22/h2-6,9,12,15,17,23H,7-8,10-11,13H2,1H3,(H,20,24)/t17-/m0/s1. The minimum Gasteiger partial charge on any atom is -0.393 e. The van der Waals surface area contributed by atoms with E-state index >= 15 is 0 Å². The number of hydrogen-bond donors (Lipinski definition) is 2. The Morgan fingerprint density at radius 1 is 1.33 bits per heavy atom. The summed E-state index contributed by atoms with van der Waals surface area (Å²) >= 11 is 0. The van der Waals surface area contributed by atoms with Crippen LogP contribution in [0, 0.1) is 0 Å². The third-order valence-electron chi connectivity index (χ3n) is 4.48. The summed E-state index contributed by atoms with van der Waals surface area (Å²) in [5.41, 5.74) is 1.01. The van der Waals surface area contributed by atoms with E-state index in [2.05, 4.69) is 15.2 Å². The van der Waals surface area contributed by atoms with Gasteiger partial charge in [-0.25, -0.2) is 4.98 Å². The first kappa shape index (κ1) is 16.7. The highest BCUT2D eigenvalue weighted by molar-refractivity contribution is 5.79. The first-order valence-corrected chi connectivity index (χ1v) is 8.35. The molecule has 0 aliphatic carbocycles. The van der Waals surface area contributed by atoms with Gasteiger partial charge in [-0.15, -0.1) is 0 Å². The van der Waals surface area contributed by atoms with Crippen LogP contribution in [0.2, 0.25) is 0 Å². The van der Waals surface area contributed by atoms with E-state index in [1.165, 1.54) is 0 Å². The van der Waals surface area contributed by atoms with Gasteiger partial charge in [-0.3, -0.25) is 9.69 Å². The average Bonchev–Trinajstić information content (AvgIpc) is 3.01. The number of likely N-dealkylation sites (tertiary alicyclic amines) is 1. The van der Waals surface area contributed by atoms with Crippen molar-refractivity contribution in [3.8, 4) is 0 Å². The second-order valence-electron chi connectivity index (χ2n) is 6.31. The molecule has 0 bridgehead atoms. The van der Waals surface area contributed by atoms with Crippen molar-refractivity contribution < 1.29 is 9.90 Å². The van der Waals surface area contributed by atoms with Gasteiger partial charge in [-0.1, -0.05) is 30.3 Å². The van der Waals surface area contributed by atoms with Crippen molar-refractivity contribution in [3.05, 3.63) is 54.1 Å². The van der Waals surface area contributed by atoms with E-state index < -0.39 is 0 Å². The molecule has 2 heterocycles. The Morgan fingerprint density at radius 2 is 2.04 bits per heavy atom. The lowest BCUT2D eigenvalue weighted by Crippen LogP contribution is -2.43. The second-order valence-corrected chi connectivity index (χ2v) is 6.31. The fraction of sp³-hybridized carbons (Fsp3) is 0.444. The molecular weight excluding hydrogens is 304 g/mol. The number of imidazole rings is 1. The third kappa shape index (κ3) is 4.01. The summed E-state index contributed by atoms with van der Waals surface area (Å²) in [6, 6.07) is 9.61. The Kier molecular flexibility index (Phi) is 5.27. The van der Waals surface area contributed by atoms with E-state index in [-0.39, 0.29) is 18.1 Å². The van der Waals surface area contributed by atoms with Crippen LogP contribution in [0.5, 0.6) is 0 Å². The number of aryl methyl sites for hydroxylation is 1. The van der Waals surface area contributed by atoms with E-state index in [1.807, 2.05) is 48.1 Å². The quantitative estimate of drug-likeness (QED) is 0.862. The Morgan fingerprint density at radius 3 is 2.67 bits per heavy atom. The Labute approximate surface area is 142 Å². The number of carbonyl (C=O) groups is 1. The number of amides is 1. The molecule has 0 saturated carbocycles. The summed E-state index contributed by atoms with van der Waals surface area (Å²) in [5.74, 6) is 0.784. The first-order valence-electron chi connectivity index (χ1n) is 8.35. The summed E-state index contributed by atoms with van der Waals surface area (Å²) in [4.78, 5) is 19.0. The Balaban J connectivity index is 1.70. The lowest BCUT2D eigenvalue weighted by atomic mass is 10.1. The summed E-state index contributed by atoms with van der Waals surface area (Å²) < 4.78 is 1.93. The lowest BCUT2D eigenvalue weighted by Gasteiger charge is -2.29. The van der Waals surface area contributed by atoms with Crippen LogP contribution in [-0.4, -0.2) is 51.2 Å². The summed E-state index contributed by atoms with van der Waals surface area (Å²) in [5, 5.41) is 12.7. The topological polar surface area (TPSA) is 70.4 Å². The smallest absolute Gasteiger partial charge is 0.235 e. The molecule has 6 heteroatoms. The number of nitrogens with zero attached hydrogens (tertiary/aromatic N) is 3. The lowest BCUT2D eigenvalue weighted by molar-refractivity contribution is -0.123. The molecule has 2 aromatic rings. The van der Waals surface area contributed by atoms with Crippen molar-refractivity contribution in [2.75, 3.05) is 19.6 Å². The molecule has 0 spiro atoms. The fourth-order valence-corrected chi connectivity index (χ4v) is 3.08. The number of piperidine rings is 1. The third-order valence-corrected chi connectivity index (χ3v) is 4.48. The van der Waals surface area contributed by atoms with Crippen molar-refractivity contribution >= 4 is 5.91 Å². The van der Waals surface area contributed by atoms with E-state index in [0.29, 0.717) is 6.54 Å². The Bertz CT molecular complexity index is 663. The highest BCUT2D eigenvalue weighted by Crippen LogP contribution is 2.20. The molecule has 2 N–H and O–H groups in total. The number of rotatable bonds is 5. The molecule has 1 fully saturated rings. The minimum absolute atomic E-state index is 0.0248. The monoisotopic (exact) mass is 328 g/mol. The zero-order valence-corrected chi connectivity index (χ0v) is 13.9. The number of aliphatic hydroxyl groups excluding tert-OH is 1. The number of carbonyl (C=O) groups excluding carboxylic acids is 1. The molecule has 6 nitrogen and oxygen atoms in total. The zero-order valence-electron chi connectivity index (χ0n) is 13.9. The van der Waals surface area contributed by atoms with Crippen molar-refractivity contribution in [2.24, 2.45) is 7.05 Å². The number of benzene rings is 1. The van der Waals surface area contributed by atoms with Crippen molar-refractivity contribution in [1.82, 2.24) is 19.8 Å². The molecule has 1 saturated heterocycles. The molecule has 1 atom stereocenters. The van der Waals surface area contributed by atoms with Crippen LogP contribution in [0.25, 0.3) is 0 Å². The summed E-state index contributed by atoms with van der Waals surface area (Å²) in [7, 11) is 1.93. The largest absolute Gasteiger partial charge is 0.393 e. The van der Waals surface area contributed by atoms with Gasteiger partial charge in [0, 0.05) is 32.5 Å². The first-order chi connectivity index (χ1) is 11.6. The fourth-order valence-electron chi connectivity index (χ4n) is 3.08. The molecule has 1 amide bonds. The van der Waals surface area contributed by atoms with Crippen LogP contribution >= 0.6 is 0 Å². The van der Waals surface area contributed by atoms with E-state index in [9.17, 15) is 9.90 Å². The van der Waals surface area contributed by atoms with Gasteiger partial charge in [-0.2, -0.15) is 0 Å². The molecule has 3 rings (SSSR count). The number of nitrogens with one attached hydrogen (secondary N) is 1. The van der Waals surface area contributed by atoms with Crippen LogP contribution in [0.1, 0.15) is 30.3 Å². The van der Waals surface area contributed by atoms with Gasteiger partial charge < -0.3 is 15.0 Å². The van der Waals surface area contributed by atoms with Gasteiger partial charge in [0.05, 0.1) is 12.6 Å². The number of hydrogen-bond acceptors (Lipinski definition) is 4. The van der Waals surface area contributed by atoms with Gasteiger partial charge in [0.25, 0.3) is 0 Å². The molecule has 128 valence electrons. The van der Waals surface area contributed by atoms with Gasteiger partial charge in [-0.05, 0) is 18.4 Å². The van der Waals surface area contributed by atoms with Crippen molar-refractivity contribution in [3.63, 3.8) is 0 Å². The molecule has 1 aromatic heterocycles. The molecule has 0 radical (unpaired) electrons. The van der Waals surface area contributed by atoms with Crippen LogP contribution in [0.4, 0.5) is 0 Å². The maximum Gasteiger partial charge on any atom is 0.235 e. The normalized spacial score (nSPS) is 17.6. The Hall–Kier alpha value is -2.18. The molecule has 1 aliphatic rings. The second kappa shape index (κ2) is 7.59. The van der Waals surface area contributed by atoms with E-state index in [1.54, 1.807) is 6.20 Å². The maximum absolute atomic E-state index is 12.5. The van der Waals surface area contributed by atoms with Gasteiger partial charge in [0.1, 0.15) is 11.9 Å². The van der Waals surface area contributed by atoms with Gasteiger partial charge in [0.2, 0.25) is 5.91 Å². The molecule has 1 aliphatic heterocycles. The number of aliphatic hydroxyl groups is 1. The summed E-state index contributed by atoms with van der Waals surface area (Å²) in [6.45, 7) is 1.86. The zero-order chi connectivity index (χ0) is 16.9. The SMILES string of the molecule is Cn1ccnc1[C@@H](NC(=O)CN1CCC(O)CC1)c1ccccc1. The minimum atomic E-state index is -0.269. The molecule has 0 unspecified atom stereocenters. The van der Waals surface area contributed by atoms with Crippen LogP contribution < -0.4 is 5.32 Å². The van der Waals surface area contributed by atoms with E-state index in [0.717, 1.165) is 37.3 Å². The molecular formula is C18H24N4O2. The number of aromatic nitrogens is 2. The van der Waals surface area contributed by atoms with Crippen molar-refractivity contribution in [2.45, 2.75) is 25.0 Å². The maximum atomic E-state index is 12.5. The molecule has 24 heavy (non-hydrogen) atoms. The highest BCUT2D eigenvalue weighted by Gasteiger charge is 2.23. The van der Waals surface area contributed by atoms with Crippen molar-refractivity contribution in [1.29, 1.82) is 0 Å². The van der Waals surface area contributed by atoms with Crippen LogP contribution in [-0.2, 0) is 11.8 Å². The predicted molar refractivity (Wildman–Crippen MR) is 91.3 cm³/mol.